The van der Waals surface area contributed by atoms with Crippen molar-refractivity contribution in [3.63, 3.8) is 0 Å². The molecule has 18 heavy (non-hydrogen) atoms. The second-order valence-electron chi connectivity index (χ2n) is 4.28. The summed E-state index contributed by atoms with van der Waals surface area (Å²) in [5, 5.41) is 7.63. The standard InChI is InChI=1S/C14H18IN3/c1-2-16-8-7-12-3-5-13(6-4-12)10-18-11-14(15)9-17-18/h3-6,9,11,16H,2,7-8,10H2,1H3. The molecule has 3 nitrogen and oxygen atoms in total. The Bertz CT molecular complexity index is 476. The van der Waals surface area contributed by atoms with Crippen LogP contribution in [0.4, 0.5) is 0 Å². The van der Waals surface area contributed by atoms with Crippen LogP contribution >= 0.6 is 22.6 Å². The van der Waals surface area contributed by atoms with Gasteiger partial charge in [0.15, 0.2) is 0 Å². The molecule has 0 aliphatic heterocycles. The molecule has 0 spiro atoms. The summed E-state index contributed by atoms with van der Waals surface area (Å²) >= 11 is 2.28. The molecular weight excluding hydrogens is 337 g/mol. The summed E-state index contributed by atoms with van der Waals surface area (Å²) in [6.07, 6.45) is 5.03. The maximum Gasteiger partial charge on any atom is 0.0659 e. The molecule has 1 heterocycles. The third-order valence-corrected chi connectivity index (χ3v) is 3.37. The lowest BCUT2D eigenvalue weighted by Gasteiger charge is -2.05. The van der Waals surface area contributed by atoms with Crippen LogP contribution in [-0.2, 0) is 13.0 Å². The van der Waals surface area contributed by atoms with Crippen LogP contribution in [0.2, 0.25) is 0 Å². The zero-order valence-corrected chi connectivity index (χ0v) is 12.7. The summed E-state index contributed by atoms with van der Waals surface area (Å²) in [5.74, 6) is 0. The van der Waals surface area contributed by atoms with Gasteiger partial charge in [-0.3, -0.25) is 4.68 Å². The number of rotatable bonds is 6. The lowest BCUT2D eigenvalue weighted by atomic mass is 10.1. The Labute approximate surface area is 122 Å². The predicted molar refractivity (Wildman–Crippen MR) is 82.7 cm³/mol. The number of halogens is 1. The molecule has 0 fully saturated rings. The SMILES string of the molecule is CCNCCc1ccc(Cn2cc(I)cn2)cc1. The minimum atomic E-state index is 0.844. The van der Waals surface area contributed by atoms with Gasteiger partial charge in [-0.1, -0.05) is 31.2 Å². The highest BCUT2D eigenvalue weighted by Gasteiger charge is 1.98. The first-order valence-electron chi connectivity index (χ1n) is 6.24. The van der Waals surface area contributed by atoms with E-state index in [0.29, 0.717) is 0 Å². The fourth-order valence-electron chi connectivity index (χ4n) is 1.83. The first-order valence-corrected chi connectivity index (χ1v) is 7.32. The third kappa shape index (κ3) is 4.10. The molecule has 0 aliphatic rings. The fraction of sp³-hybridized carbons (Fsp3) is 0.357. The quantitative estimate of drug-likeness (QED) is 0.638. The minimum absolute atomic E-state index is 0.844. The van der Waals surface area contributed by atoms with Crippen molar-refractivity contribution in [2.75, 3.05) is 13.1 Å². The van der Waals surface area contributed by atoms with E-state index in [-0.39, 0.29) is 0 Å². The van der Waals surface area contributed by atoms with Crippen LogP contribution in [0, 0.1) is 3.57 Å². The van der Waals surface area contributed by atoms with Gasteiger partial charge in [0.2, 0.25) is 0 Å². The molecule has 0 atom stereocenters. The van der Waals surface area contributed by atoms with Gasteiger partial charge in [-0.15, -0.1) is 0 Å². The lowest BCUT2D eigenvalue weighted by Crippen LogP contribution is -2.16. The van der Waals surface area contributed by atoms with Crippen LogP contribution in [0.5, 0.6) is 0 Å². The second kappa shape index (κ2) is 6.89. The summed E-state index contributed by atoms with van der Waals surface area (Å²) in [4.78, 5) is 0. The third-order valence-electron chi connectivity index (χ3n) is 2.81. The van der Waals surface area contributed by atoms with Crippen LogP contribution in [0.3, 0.4) is 0 Å². The first-order chi connectivity index (χ1) is 8.78. The zero-order chi connectivity index (χ0) is 12.8. The van der Waals surface area contributed by atoms with Crippen LogP contribution in [0.25, 0.3) is 0 Å². The first kappa shape index (κ1) is 13.5. The van der Waals surface area contributed by atoms with Crippen molar-refractivity contribution in [1.29, 1.82) is 0 Å². The predicted octanol–water partition coefficient (Wildman–Crippen LogP) is 2.69. The van der Waals surface area contributed by atoms with E-state index in [0.717, 1.165) is 26.1 Å². The van der Waals surface area contributed by atoms with Gasteiger partial charge in [0, 0.05) is 6.20 Å². The van der Waals surface area contributed by atoms with E-state index in [1.54, 1.807) is 0 Å². The van der Waals surface area contributed by atoms with Crippen molar-refractivity contribution in [1.82, 2.24) is 15.1 Å². The molecule has 0 bridgehead atoms. The molecule has 1 aromatic carbocycles. The van der Waals surface area contributed by atoms with Crippen LogP contribution in [-0.4, -0.2) is 22.9 Å². The Kier molecular flexibility index (Phi) is 5.19. The van der Waals surface area contributed by atoms with Crippen molar-refractivity contribution >= 4 is 22.6 Å². The van der Waals surface area contributed by atoms with Gasteiger partial charge >= 0.3 is 0 Å². The lowest BCUT2D eigenvalue weighted by molar-refractivity contribution is 0.685. The molecule has 0 amide bonds. The summed E-state index contributed by atoms with van der Waals surface area (Å²) in [6, 6.07) is 8.80. The van der Waals surface area contributed by atoms with Gasteiger partial charge in [-0.25, -0.2) is 0 Å². The Morgan fingerprint density at radius 3 is 2.56 bits per heavy atom. The van der Waals surface area contributed by atoms with Crippen LogP contribution < -0.4 is 5.32 Å². The number of benzene rings is 1. The molecule has 96 valence electrons. The molecule has 2 aromatic rings. The average molecular weight is 355 g/mol. The number of hydrogen-bond donors (Lipinski definition) is 1. The molecule has 0 unspecified atom stereocenters. The van der Waals surface area contributed by atoms with E-state index in [2.05, 4.69) is 70.4 Å². The topological polar surface area (TPSA) is 29.9 Å². The van der Waals surface area contributed by atoms with Crippen LogP contribution in [0.15, 0.2) is 36.7 Å². The Hall–Kier alpha value is -0.880. The summed E-state index contributed by atoms with van der Waals surface area (Å²) in [6.45, 7) is 5.06. The second-order valence-corrected chi connectivity index (χ2v) is 5.52. The molecule has 0 radical (unpaired) electrons. The highest BCUT2D eigenvalue weighted by atomic mass is 127. The van der Waals surface area contributed by atoms with Gasteiger partial charge < -0.3 is 5.32 Å². The monoisotopic (exact) mass is 355 g/mol. The molecule has 2 rings (SSSR count). The van der Waals surface area contributed by atoms with Gasteiger partial charge in [-0.05, 0) is 53.2 Å². The average Bonchev–Trinajstić information content (AvgIpc) is 2.77. The number of likely N-dealkylation sites (N-methyl/N-ethyl adjacent to an activating group) is 1. The summed E-state index contributed by atoms with van der Waals surface area (Å²) in [7, 11) is 0. The van der Waals surface area contributed by atoms with Gasteiger partial charge in [0.1, 0.15) is 0 Å². The highest BCUT2D eigenvalue weighted by molar-refractivity contribution is 14.1. The largest absolute Gasteiger partial charge is 0.317 e. The molecular formula is C14H18IN3. The van der Waals surface area contributed by atoms with E-state index >= 15 is 0 Å². The van der Waals surface area contributed by atoms with Crippen LogP contribution in [0.1, 0.15) is 18.1 Å². The van der Waals surface area contributed by atoms with Crippen molar-refractivity contribution in [3.8, 4) is 0 Å². The van der Waals surface area contributed by atoms with E-state index < -0.39 is 0 Å². The molecule has 1 aromatic heterocycles. The molecule has 1 N–H and O–H groups in total. The number of hydrogen-bond acceptors (Lipinski definition) is 2. The molecule has 0 aliphatic carbocycles. The normalized spacial score (nSPS) is 10.8. The summed E-state index contributed by atoms with van der Waals surface area (Å²) in [5.41, 5.74) is 2.68. The van der Waals surface area contributed by atoms with E-state index in [1.165, 1.54) is 14.7 Å². The van der Waals surface area contributed by atoms with Crippen molar-refractivity contribution in [2.24, 2.45) is 0 Å². The number of nitrogens with zero attached hydrogens (tertiary/aromatic N) is 2. The maximum absolute atomic E-state index is 4.29. The van der Waals surface area contributed by atoms with Crippen molar-refractivity contribution in [3.05, 3.63) is 51.4 Å². The highest BCUT2D eigenvalue weighted by Crippen LogP contribution is 2.08. The molecule has 0 saturated carbocycles. The van der Waals surface area contributed by atoms with Gasteiger partial charge in [-0.2, -0.15) is 5.10 Å². The molecule has 0 saturated heterocycles. The fourth-order valence-corrected chi connectivity index (χ4v) is 2.28. The van der Waals surface area contributed by atoms with Gasteiger partial charge in [0.05, 0.1) is 16.3 Å². The van der Waals surface area contributed by atoms with E-state index in [9.17, 15) is 0 Å². The Balaban J connectivity index is 1.91. The van der Waals surface area contributed by atoms with Gasteiger partial charge in [0.25, 0.3) is 0 Å². The minimum Gasteiger partial charge on any atom is -0.317 e. The smallest absolute Gasteiger partial charge is 0.0659 e. The van der Waals surface area contributed by atoms with E-state index in [1.807, 2.05) is 10.9 Å². The Morgan fingerprint density at radius 2 is 1.94 bits per heavy atom. The molecule has 4 heteroatoms. The van der Waals surface area contributed by atoms with Crippen molar-refractivity contribution < 1.29 is 0 Å². The van der Waals surface area contributed by atoms with E-state index in [4.69, 9.17) is 0 Å². The number of nitrogens with one attached hydrogen (secondary N) is 1. The number of aromatic nitrogens is 2. The summed E-state index contributed by atoms with van der Waals surface area (Å²) < 4.78 is 3.14. The Morgan fingerprint density at radius 1 is 1.22 bits per heavy atom. The zero-order valence-electron chi connectivity index (χ0n) is 10.6. The maximum atomic E-state index is 4.29. The van der Waals surface area contributed by atoms with Crippen molar-refractivity contribution in [2.45, 2.75) is 19.9 Å².